The lowest BCUT2D eigenvalue weighted by Gasteiger charge is -2.30. The van der Waals surface area contributed by atoms with Crippen LogP contribution in [0.4, 0.5) is 0 Å². The number of nitrogens with zero attached hydrogens (tertiary/aromatic N) is 4. The second-order valence-electron chi connectivity index (χ2n) is 6.09. The van der Waals surface area contributed by atoms with Crippen molar-refractivity contribution in [3.8, 4) is 0 Å². The average Bonchev–Trinajstić information content (AvgIpc) is 3.17. The van der Waals surface area contributed by atoms with Gasteiger partial charge in [0.2, 0.25) is 0 Å². The zero-order valence-corrected chi connectivity index (χ0v) is 15.9. The Morgan fingerprint density at radius 2 is 1.96 bits per heavy atom. The van der Waals surface area contributed by atoms with Gasteiger partial charge in [0.25, 0.3) is 0 Å². The maximum Gasteiger partial charge on any atom is 0.195 e. The van der Waals surface area contributed by atoms with Gasteiger partial charge in [0.05, 0.1) is 32.4 Å². The summed E-state index contributed by atoms with van der Waals surface area (Å²) in [6.45, 7) is 5.02. The van der Waals surface area contributed by atoms with Crippen molar-refractivity contribution >= 4 is 45.7 Å². The van der Waals surface area contributed by atoms with Crippen LogP contribution in [-0.4, -0.2) is 46.8 Å². The van der Waals surface area contributed by atoms with Crippen molar-refractivity contribution in [1.29, 1.82) is 0 Å². The summed E-state index contributed by atoms with van der Waals surface area (Å²) in [6.07, 6.45) is 3.79. The van der Waals surface area contributed by atoms with E-state index < -0.39 is 0 Å². The van der Waals surface area contributed by atoms with E-state index >= 15 is 0 Å². The van der Waals surface area contributed by atoms with Gasteiger partial charge in [-0.1, -0.05) is 35.3 Å². The Balaban J connectivity index is 1.35. The highest BCUT2D eigenvalue weighted by Crippen LogP contribution is 2.19. The third-order valence-electron chi connectivity index (χ3n) is 4.41. The number of aromatic nitrogens is 2. The number of thiazole rings is 1. The number of fused-ring (bicyclic) bond motifs is 1. The summed E-state index contributed by atoms with van der Waals surface area (Å²) < 4.78 is 1.97. The van der Waals surface area contributed by atoms with E-state index in [1.165, 1.54) is 5.56 Å². The summed E-state index contributed by atoms with van der Waals surface area (Å²) in [5.74, 6) is 0. The molecule has 1 fully saturated rings. The van der Waals surface area contributed by atoms with Crippen molar-refractivity contribution in [2.45, 2.75) is 6.54 Å². The van der Waals surface area contributed by atoms with Gasteiger partial charge in [-0.15, -0.1) is 11.3 Å². The molecule has 0 radical (unpaired) electrons. The van der Waals surface area contributed by atoms with Crippen molar-refractivity contribution < 1.29 is 4.90 Å². The van der Waals surface area contributed by atoms with E-state index in [0.717, 1.165) is 48.4 Å². The highest BCUT2D eigenvalue weighted by molar-refractivity contribution is 7.15. The number of quaternary nitrogens is 1. The molecule has 0 amide bonds. The minimum absolute atomic E-state index is 0.502. The van der Waals surface area contributed by atoms with E-state index in [4.69, 9.17) is 23.2 Å². The van der Waals surface area contributed by atoms with Crippen LogP contribution in [0.1, 0.15) is 11.3 Å². The predicted molar refractivity (Wildman–Crippen MR) is 103 cm³/mol. The number of imidazole rings is 1. The highest BCUT2D eigenvalue weighted by atomic mass is 35.5. The third-order valence-corrected chi connectivity index (χ3v) is 5.70. The Morgan fingerprint density at radius 3 is 2.72 bits per heavy atom. The molecule has 0 spiro atoms. The molecule has 0 bridgehead atoms. The van der Waals surface area contributed by atoms with E-state index in [-0.39, 0.29) is 0 Å². The fourth-order valence-corrected chi connectivity index (χ4v) is 4.14. The van der Waals surface area contributed by atoms with Gasteiger partial charge in [-0.05, 0) is 12.1 Å². The molecular weight excluding hydrogens is 377 g/mol. The summed E-state index contributed by atoms with van der Waals surface area (Å²) in [7, 11) is 0. The molecule has 3 heterocycles. The van der Waals surface area contributed by atoms with E-state index in [2.05, 4.69) is 27.2 Å². The van der Waals surface area contributed by atoms with Gasteiger partial charge in [-0.3, -0.25) is 9.41 Å². The van der Waals surface area contributed by atoms with Crippen molar-refractivity contribution in [3.63, 3.8) is 0 Å². The monoisotopic (exact) mass is 394 g/mol. The molecule has 5 nitrogen and oxygen atoms in total. The van der Waals surface area contributed by atoms with Crippen LogP contribution in [-0.2, 0) is 6.54 Å². The molecule has 1 saturated heterocycles. The zero-order chi connectivity index (χ0) is 17.2. The summed E-state index contributed by atoms with van der Waals surface area (Å²) in [4.78, 5) is 6.78. The van der Waals surface area contributed by atoms with Crippen LogP contribution in [0.3, 0.4) is 0 Å². The highest BCUT2D eigenvalue weighted by Gasteiger charge is 2.19. The maximum atomic E-state index is 6.20. The summed E-state index contributed by atoms with van der Waals surface area (Å²) in [5.41, 5.74) is 2.16. The molecule has 0 saturated carbocycles. The molecule has 8 heteroatoms. The van der Waals surface area contributed by atoms with Crippen molar-refractivity contribution in [2.75, 3.05) is 26.2 Å². The standard InChI is InChI=1S/C17H17Cl2N5S/c18-14-3-1-13(2-4-14)12-22-5-7-23(8-6-22)20-11-15-16(19)21-17-24(15)9-10-25-17/h1-4,9-11H,5-8,12H2/p+1/b20-11-. The van der Waals surface area contributed by atoms with E-state index in [1.807, 2.05) is 34.3 Å². The molecule has 1 aliphatic rings. The Hall–Kier alpha value is -1.60. The first-order valence-electron chi connectivity index (χ1n) is 8.17. The number of hydrogen-bond donors (Lipinski definition) is 1. The van der Waals surface area contributed by atoms with Crippen LogP contribution in [0.5, 0.6) is 0 Å². The Bertz CT molecular complexity index is 878. The van der Waals surface area contributed by atoms with E-state index in [9.17, 15) is 0 Å². The van der Waals surface area contributed by atoms with E-state index in [1.54, 1.807) is 16.2 Å². The van der Waals surface area contributed by atoms with Gasteiger partial charge in [0.1, 0.15) is 12.2 Å². The molecule has 1 aliphatic heterocycles. The quantitative estimate of drug-likeness (QED) is 0.690. The SMILES string of the molecule is Clc1ccc(C[NH+]2CCN(/N=C\c3c(Cl)nc4sccn34)CC2)cc1. The number of rotatable bonds is 4. The smallest absolute Gasteiger partial charge is 0.195 e. The fourth-order valence-electron chi connectivity index (χ4n) is 3.02. The number of nitrogens with one attached hydrogen (secondary N) is 1. The molecule has 1 N–H and O–H groups in total. The average molecular weight is 395 g/mol. The second kappa shape index (κ2) is 7.33. The molecule has 130 valence electrons. The molecule has 4 rings (SSSR count). The van der Waals surface area contributed by atoms with Gasteiger partial charge >= 0.3 is 0 Å². The van der Waals surface area contributed by atoms with Gasteiger partial charge in [-0.25, -0.2) is 4.98 Å². The molecule has 25 heavy (non-hydrogen) atoms. The lowest BCUT2D eigenvalue weighted by molar-refractivity contribution is -0.918. The van der Waals surface area contributed by atoms with Crippen LogP contribution >= 0.6 is 34.5 Å². The van der Waals surface area contributed by atoms with Gasteiger partial charge < -0.3 is 4.90 Å². The van der Waals surface area contributed by atoms with Crippen LogP contribution < -0.4 is 4.90 Å². The molecular formula is C17H18Cl2N5S+. The van der Waals surface area contributed by atoms with Crippen molar-refractivity contribution in [3.05, 3.63) is 57.3 Å². The van der Waals surface area contributed by atoms with Crippen molar-refractivity contribution in [1.82, 2.24) is 14.4 Å². The Morgan fingerprint density at radius 1 is 1.20 bits per heavy atom. The summed E-state index contributed by atoms with van der Waals surface area (Å²) in [6, 6.07) is 8.12. The topological polar surface area (TPSA) is 37.3 Å². The fraction of sp³-hybridized carbons (Fsp3) is 0.294. The van der Waals surface area contributed by atoms with Crippen LogP contribution in [0.25, 0.3) is 4.96 Å². The lowest BCUT2D eigenvalue weighted by Crippen LogP contribution is -3.13. The minimum atomic E-state index is 0.502. The second-order valence-corrected chi connectivity index (χ2v) is 7.76. The van der Waals surface area contributed by atoms with E-state index in [0.29, 0.717) is 5.15 Å². The number of piperazine rings is 1. The lowest BCUT2D eigenvalue weighted by atomic mass is 10.2. The minimum Gasteiger partial charge on any atom is -0.328 e. The molecule has 0 atom stereocenters. The maximum absolute atomic E-state index is 6.20. The Kier molecular flexibility index (Phi) is 4.94. The zero-order valence-electron chi connectivity index (χ0n) is 13.5. The third kappa shape index (κ3) is 3.82. The first-order valence-corrected chi connectivity index (χ1v) is 9.80. The largest absolute Gasteiger partial charge is 0.328 e. The normalized spacial score (nSPS) is 16.3. The predicted octanol–water partition coefficient (Wildman–Crippen LogP) is 2.44. The summed E-state index contributed by atoms with van der Waals surface area (Å²) >= 11 is 13.7. The van der Waals surface area contributed by atoms with Gasteiger partial charge in [0.15, 0.2) is 10.1 Å². The molecule has 0 unspecified atom stereocenters. The Labute approximate surface area is 160 Å². The molecule has 0 aliphatic carbocycles. The molecule has 2 aromatic heterocycles. The molecule has 1 aromatic carbocycles. The van der Waals surface area contributed by atoms with Gasteiger partial charge in [0, 0.05) is 22.2 Å². The first-order chi connectivity index (χ1) is 12.2. The molecule has 3 aromatic rings. The number of benzene rings is 1. The number of halogens is 2. The number of hydrazone groups is 1. The van der Waals surface area contributed by atoms with Crippen LogP contribution in [0.2, 0.25) is 10.2 Å². The first kappa shape index (κ1) is 16.8. The summed E-state index contributed by atoms with van der Waals surface area (Å²) in [5, 5.41) is 10.00. The number of hydrogen-bond acceptors (Lipinski definition) is 4. The van der Waals surface area contributed by atoms with Crippen LogP contribution in [0.15, 0.2) is 40.9 Å². The van der Waals surface area contributed by atoms with Crippen molar-refractivity contribution in [2.24, 2.45) is 5.10 Å². The van der Waals surface area contributed by atoms with Gasteiger partial charge in [-0.2, -0.15) is 5.10 Å². The van der Waals surface area contributed by atoms with Crippen LogP contribution in [0, 0.1) is 0 Å².